The largest absolute Gasteiger partial charge is 0.377 e. The van der Waals surface area contributed by atoms with E-state index in [1.807, 2.05) is 18.2 Å². The second-order valence-corrected chi connectivity index (χ2v) is 6.26. The third-order valence-corrected chi connectivity index (χ3v) is 4.36. The van der Waals surface area contributed by atoms with E-state index in [1.54, 1.807) is 0 Å². The number of hydrogen-bond donors (Lipinski definition) is 1. The lowest BCUT2D eigenvalue weighted by Crippen LogP contribution is -2.19. The van der Waals surface area contributed by atoms with E-state index >= 15 is 0 Å². The third-order valence-electron chi connectivity index (χ3n) is 4.36. The maximum absolute atomic E-state index is 11.7. The third kappa shape index (κ3) is 5.30. The van der Waals surface area contributed by atoms with Crippen molar-refractivity contribution in [1.29, 1.82) is 0 Å². The van der Waals surface area contributed by atoms with Crippen molar-refractivity contribution in [3.05, 3.63) is 48.0 Å². The fourth-order valence-corrected chi connectivity index (χ4v) is 2.88. The second kappa shape index (κ2) is 8.74. The van der Waals surface area contributed by atoms with Gasteiger partial charge in [-0.25, -0.2) is 0 Å². The lowest BCUT2D eigenvalue weighted by molar-refractivity contribution is -0.123. The lowest BCUT2D eigenvalue weighted by atomic mass is 9.90. The maximum Gasteiger partial charge on any atom is 0.223 e. The van der Waals surface area contributed by atoms with Crippen LogP contribution in [0.25, 0.3) is 0 Å². The molecule has 0 radical (unpaired) electrons. The molecule has 1 aromatic carbocycles. The van der Waals surface area contributed by atoms with Crippen LogP contribution in [0.15, 0.2) is 42.5 Å². The van der Waals surface area contributed by atoms with Gasteiger partial charge in [-0.05, 0) is 37.2 Å². The summed E-state index contributed by atoms with van der Waals surface area (Å²) in [6.07, 6.45) is 3.85. The van der Waals surface area contributed by atoms with Crippen LogP contribution in [0.1, 0.15) is 38.2 Å². The van der Waals surface area contributed by atoms with E-state index in [-0.39, 0.29) is 11.8 Å². The predicted octanol–water partition coefficient (Wildman–Crippen LogP) is 3.70. The van der Waals surface area contributed by atoms with Crippen LogP contribution < -0.4 is 5.32 Å². The fourth-order valence-electron chi connectivity index (χ4n) is 2.88. The molecule has 0 bridgehead atoms. The quantitative estimate of drug-likeness (QED) is 0.558. The Morgan fingerprint density at radius 3 is 2.77 bits per heavy atom. The Kier molecular flexibility index (Phi) is 6.66. The first-order chi connectivity index (χ1) is 10.7. The van der Waals surface area contributed by atoms with Crippen molar-refractivity contribution in [2.45, 2.75) is 39.2 Å². The van der Waals surface area contributed by atoms with Gasteiger partial charge in [-0.2, -0.15) is 0 Å². The van der Waals surface area contributed by atoms with Gasteiger partial charge in [0.1, 0.15) is 0 Å². The summed E-state index contributed by atoms with van der Waals surface area (Å²) in [5.74, 6) is 0.840. The average Bonchev–Trinajstić information content (AvgIpc) is 2.84. The monoisotopic (exact) mass is 301 g/mol. The molecule has 1 saturated heterocycles. The van der Waals surface area contributed by atoms with Crippen LogP contribution >= 0.6 is 0 Å². The van der Waals surface area contributed by atoms with E-state index < -0.39 is 0 Å². The minimum absolute atomic E-state index is 0.172. The van der Waals surface area contributed by atoms with Crippen molar-refractivity contribution < 1.29 is 9.53 Å². The SMILES string of the molecule is C=C(CCCOCc1ccccc1)CC[C@H]1C(=O)NC[C@H]1C. The van der Waals surface area contributed by atoms with E-state index in [2.05, 4.69) is 31.0 Å². The number of hydrogen-bond acceptors (Lipinski definition) is 2. The molecule has 3 heteroatoms. The number of nitrogens with one attached hydrogen (secondary N) is 1. The molecule has 0 aliphatic carbocycles. The molecule has 2 rings (SSSR count). The van der Waals surface area contributed by atoms with Gasteiger partial charge in [0.25, 0.3) is 0 Å². The smallest absolute Gasteiger partial charge is 0.223 e. The predicted molar refractivity (Wildman–Crippen MR) is 89.4 cm³/mol. The van der Waals surface area contributed by atoms with E-state index in [1.165, 1.54) is 11.1 Å². The average molecular weight is 301 g/mol. The summed E-state index contributed by atoms with van der Waals surface area (Å²) in [7, 11) is 0. The summed E-state index contributed by atoms with van der Waals surface area (Å²) in [5.41, 5.74) is 2.44. The van der Waals surface area contributed by atoms with Crippen molar-refractivity contribution in [3.8, 4) is 0 Å². The molecule has 3 nitrogen and oxygen atoms in total. The Bertz CT molecular complexity index is 483. The van der Waals surface area contributed by atoms with Gasteiger partial charge < -0.3 is 10.1 Å². The topological polar surface area (TPSA) is 38.3 Å². The Morgan fingerprint density at radius 1 is 1.32 bits per heavy atom. The van der Waals surface area contributed by atoms with E-state index in [9.17, 15) is 4.79 Å². The summed E-state index contributed by atoms with van der Waals surface area (Å²) >= 11 is 0. The highest BCUT2D eigenvalue weighted by Crippen LogP contribution is 2.25. The van der Waals surface area contributed by atoms with Gasteiger partial charge >= 0.3 is 0 Å². The van der Waals surface area contributed by atoms with Gasteiger partial charge in [0, 0.05) is 19.1 Å². The molecule has 1 aliphatic rings. The minimum Gasteiger partial charge on any atom is -0.377 e. The van der Waals surface area contributed by atoms with Gasteiger partial charge in [-0.15, -0.1) is 0 Å². The Morgan fingerprint density at radius 2 is 2.09 bits per heavy atom. The molecule has 0 unspecified atom stereocenters. The molecule has 1 aliphatic heterocycles. The van der Waals surface area contributed by atoms with Crippen LogP contribution in [0, 0.1) is 11.8 Å². The molecular formula is C19H27NO2. The van der Waals surface area contributed by atoms with Crippen LogP contribution in [-0.4, -0.2) is 19.1 Å². The van der Waals surface area contributed by atoms with Gasteiger partial charge in [0.15, 0.2) is 0 Å². The zero-order valence-electron chi connectivity index (χ0n) is 13.5. The van der Waals surface area contributed by atoms with Gasteiger partial charge in [0.05, 0.1) is 6.61 Å². The molecule has 0 saturated carbocycles. The Balaban J connectivity index is 1.53. The van der Waals surface area contributed by atoms with Crippen LogP contribution in [0.2, 0.25) is 0 Å². The minimum atomic E-state index is 0.172. The highest BCUT2D eigenvalue weighted by atomic mass is 16.5. The molecule has 1 fully saturated rings. The molecule has 120 valence electrons. The molecule has 0 aromatic heterocycles. The van der Waals surface area contributed by atoms with Crippen molar-refractivity contribution in [3.63, 3.8) is 0 Å². The second-order valence-electron chi connectivity index (χ2n) is 6.26. The van der Waals surface area contributed by atoms with E-state index in [4.69, 9.17) is 4.74 Å². The molecule has 1 N–H and O–H groups in total. The van der Waals surface area contributed by atoms with Crippen LogP contribution in [-0.2, 0) is 16.1 Å². The first-order valence-electron chi connectivity index (χ1n) is 8.23. The fraction of sp³-hybridized carbons (Fsp3) is 0.526. The lowest BCUT2D eigenvalue weighted by Gasteiger charge is -2.13. The first kappa shape index (κ1) is 16.8. The summed E-state index contributed by atoms with van der Waals surface area (Å²) in [6, 6.07) is 10.2. The van der Waals surface area contributed by atoms with Crippen molar-refractivity contribution >= 4 is 5.91 Å². The number of amides is 1. The molecule has 22 heavy (non-hydrogen) atoms. The Labute approximate surface area is 133 Å². The number of benzene rings is 1. The summed E-state index contributed by atoms with van der Waals surface area (Å²) < 4.78 is 5.68. The normalized spacial score (nSPS) is 20.9. The number of ether oxygens (including phenoxy) is 1. The molecule has 1 heterocycles. The summed E-state index contributed by atoms with van der Waals surface area (Å²) in [4.78, 5) is 11.7. The van der Waals surface area contributed by atoms with Gasteiger partial charge in [-0.1, -0.05) is 49.4 Å². The highest BCUT2D eigenvalue weighted by molar-refractivity contribution is 5.81. The van der Waals surface area contributed by atoms with Crippen molar-refractivity contribution in [2.24, 2.45) is 11.8 Å². The molecular weight excluding hydrogens is 274 g/mol. The molecule has 1 amide bonds. The molecule has 1 aromatic rings. The zero-order valence-corrected chi connectivity index (χ0v) is 13.5. The van der Waals surface area contributed by atoms with E-state index in [0.29, 0.717) is 12.5 Å². The van der Waals surface area contributed by atoms with Crippen molar-refractivity contribution in [1.82, 2.24) is 5.32 Å². The molecule has 2 atom stereocenters. The molecule has 0 spiro atoms. The maximum atomic E-state index is 11.7. The van der Waals surface area contributed by atoms with Gasteiger partial charge in [0.2, 0.25) is 5.91 Å². The first-order valence-corrected chi connectivity index (χ1v) is 8.23. The Hall–Kier alpha value is -1.61. The number of carbonyl (C=O) groups excluding carboxylic acids is 1. The van der Waals surface area contributed by atoms with Crippen molar-refractivity contribution in [2.75, 3.05) is 13.2 Å². The van der Waals surface area contributed by atoms with E-state index in [0.717, 1.165) is 38.8 Å². The number of rotatable bonds is 9. The standard InChI is InChI=1S/C19H27NO2/c1-15(10-11-18-16(2)13-20-19(18)21)7-6-12-22-14-17-8-4-3-5-9-17/h3-5,8-9,16,18H,1,6-7,10-14H2,2H3,(H,20,21)/t16-,18-/m1/s1. The van der Waals surface area contributed by atoms with Gasteiger partial charge in [-0.3, -0.25) is 4.79 Å². The summed E-state index contributed by atoms with van der Waals surface area (Å²) in [5, 5.41) is 2.93. The number of carbonyl (C=O) groups is 1. The zero-order chi connectivity index (χ0) is 15.8. The van der Waals surface area contributed by atoms with Crippen LogP contribution in [0.5, 0.6) is 0 Å². The number of allylic oxidation sites excluding steroid dienone is 1. The van der Waals surface area contributed by atoms with Crippen LogP contribution in [0.3, 0.4) is 0 Å². The highest BCUT2D eigenvalue weighted by Gasteiger charge is 2.30. The van der Waals surface area contributed by atoms with Crippen LogP contribution in [0.4, 0.5) is 0 Å². The summed E-state index contributed by atoms with van der Waals surface area (Å²) in [6.45, 7) is 8.53.